The maximum atomic E-state index is 5.21. The first kappa shape index (κ1) is 27.5. The summed E-state index contributed by atoms with van der Waals surface area (Å²) >= 11 is 1.88. The lowest BCUT2D eigenvalue weighted by molar-refractivity contribution is 0.634. The van der Waals surface area contributed by atoms with Crippen LogP contribution in [0.25, 0.3) is 28.0 Å². The molecule has 48 heavy (non-hydrogen) atoms. The van der Waals surface area contributed by atoms with Gasteiger partial charge >= 0.3 is 0 Å². The lowest BCUT2D eigenvalue weighted by atomic mass is 9.67. The second-order valence-corrected chi connectivity index (χ2v) is 13.8. The van der Waals surface area contributed by atoms with Crippen molar-refractivity contribution in [1.82, 2.24) is 5.32 Å². The molecule has 0 saturated carbocycles. The highest BCUT2D eigenvalue weighted by molar-refractivity contribution is 7.99. The third kappa shape index (κ3) is 3.98. The van der Waals surface area contributed by atoms with Crippen LogP contribution in [0.2, 0.25) is 0 Å². The molecular formula is C45H30N2S. The Bertz CT molecular complexity index is 2470. The monoisotopic (exact) mass is 630 g/mol. The van der Waals surface area contributed by atoms with E-state index in [1.54, 1.807) is 0 Å². The van der Waals surface area contributed by atoms with Crippen LogP contribution in [0.3, 0.4) is 0 Å². The largest absolute Gasteiger partial charge is 0.359 e. The van der Waals surface area contributed by atoms with Crippen molar-refractivity contribution in [3.63, 3.8) is 0 Å². The number of nitrogens with zero attached hydrogens (tertiary/aromatic N) is 1. The number of hydrogen-bond donors (Lipinski definition) is 1. The summed E-state index contributed by atoms with van der Waals surface area (Å²) in [6.07, 6.45) is -0.202. The molecule has 7 aromatic carbocycles. The van der Waals surface area contributed by atoms with Crippen molar-refractivity contribution in [3.05, 3.63) is 214 Å². The van der Waals surface area contributed by atoms with Crippen LogP contribution < -0.4 is 15.9 Å². The Morgan fingerprint density at radius 1 is 0.479 bits per heavy atom. The molecule has 1 aliphatic carbocycles. The first-order valence-corrected chi connectivity index (χ1v) is 17.3. The second-order valence-electron chi connectivity index (χ2n) is 12.7. The number of fused-ring (bicyclic) bond motifs is 10. The topological polar surface area (TPSA) is 24.4 Å². The molecule has 0 bridgehead atoms. The highest BCUT2D eigenvalue weighted by Crippen LogP contribution is 2.62. The van der Waals surface area contributed by atoms with E-state index in [2.05, 4.69) is 175 Å². The van der Waals surface area contributed by atoms with Gasteiger partial charge in [-0.05, 0) is 79.9 Å². The van der Waals surface area contributed by atoms with Crippen LogP contribution in [0.5, 0.6) is 0 Å². The zero-order valence-electron chi connectivity index (χ0n) is 26.1. The number of nitrogens with one attached hydrogen (secondary N) is 1. The zero-order chi connectivity index (χ0) is 31.7. The van der Waals surface area contributed by atoms with Crippen LogP contribution in [0.15, 0.2) is 185 Å². The summed E-state index contributed by atoms with van der Waals surface area (Å²) < 4.78 is 0. The van der Waals surface area contributed by atoms with E-state index in [0.717, 1.165) is 21.8 Å². The molecule has 3 aliphatic rings. The summed E-state index contributed by atoms with van der Waals surface area (Å²) in [6, 6.07) is 62.0. The third-order valence-corrected chi connectivity index (χ3v) is 11.3. The Morgan fingerprint density at radius 2 is 1.06 bits per heavy atom. The maximum Gasteiger partial charge on any atom is 0.145 e. The Labute approximate surface area is 284 Å². The van der Waals surface area contributed by atoms with Gasteiger partial charge in [-0.1, -0.05) is 157 Å². The van der Waals surface area contributed by atoms with Crippen LogP contribution in [-0.4, -0.2) is 0 Å². The molecule has 0 amide bonds. The van der Waals surface area contributed by atoms with Gasteiger partial charge in [0.05, 0.1) is 16.5 Å². The van der Waals surface area contributed by atoms with Crippen LogP contribution in [0, 0.1) is 0 Å². The van der Waals surface area contributed by atoms with Crippen LogP contribution in [0.4, 0.5) is 0 Å². The van der Waals surface area contributed by atoms with E-state index in [1.807, 2.05) is 11.8 Å². The Morgan fingerprint density at radius 3 is 1.83 bits per heavy atom. The summed E-state index contributed by atoms with van der Waals surface area (Å²) in [7, 11) is 0. The highest BCUT2D eigenvalue weighted by atomic mass is 32.2. The molecule has 3 heteroatoms. The van der Waals surface area contributed by atoms with E-state index in [-0.39, 0.29) is 6.17 Å². The Balaban J connectivity index is 1.16. The standard InChI is InChI=1S/C45H30N2S/c1-2-12-29(13-3-1)30-22-24-31(25-23-30)44-46-40-19-9-5-15-35(40)43(47-44)32-26-27-34-33-14-4-6-16-36(33)45(39(34)28-32)37-17-7-10-20-41(37)48-42-21-11-8-18-38(42)45/h1-28,44,47H. The van der Waals surface area contributed by atoms with Crippen LogP contribution in [-0.2, 0) is 5.41 Å². The molecule has 0 fully saturated rings. The van der Waals surface area contributed by atoms with Crippen molar-refractivity contribution in [1.29, 1.82) is 0 Å². The van der Waals surface area contributed by atoms with E-state index < -0.39 is 5.41 Å². The SMILES string of the molecule is c1ccc(-c2ccc(C3N=c4ccccc4=C(c4ccc5c(c4)C4(c6ccccc6Sc6ccccc64)c4ccccc4-5)N3)cc2)cc1. The molecule has 1 atom stereocenters. The normalized spacial score (nSPS) is 16.1. The van der Waals surface area contributed by atoms with Gasteiger partial charge in [0, 0.05) is 15.0 Å². The zero-order valence-corrected chi connectivity index (χ0v) is 26.9. The van der Waals surface area contributed by atoms with Crippen molar-refractivity contribution in [2.75, 3.05) is 0 Å². The lowest BCUT2D eigenvalue weighted by Crippen LogP contribution is -2.40. The number of para-hydroxylation sites is 1. The first-order chi connectivity index (χ1) is 23.8. The molecule has 1 unspecified atom stereocenters. The fraction of sp³-hybridized carbons (Fsp3) is 0.0444. The molecule has 2 nitrogen and oxygen atoms in total. The average molecular weight is 631 g/mol. The predicted molar refractivity (Wildman–Crippen MR) is 195 cm³/mol. The quantitative estimate of drug-likeness (QED) is 0.210. The summed E-state index contributed by atoms with van der Waals surface area (Å²) in [6.45, 7) is 0. The molecule has 2 aliphatic heterocycles. The molecule has 226 valence electrons. The van der Waals surface area contributed by atoms with E-state index in [4.69, 9.17) is 4.99 Å². The number of hydrogen-bond acceptors (Lipinski definition) is 3. The van der Waals surface area contributed by atoms with E-state index in [1.165, 1.54) is 59.9 Å². The summed E-state index contributed by atoms with van der Waals surface area (Å²) in [5.41, 5.74) is 13.4. The van der Waals surface area contributed by atoms with Gasteiger partial charge in [0.25, 0.3) is 0 Å². The van der Waals surface area contributed by atoms with Crippen molar-refractivity contribution in [2.45, 2.75) is 21.4 Å². The van der Waals surface area contributed by atoms with E-state index in [9.17, 15) is 0 Å². The van der Waals surface area contributed by atoms with Crippen molar-refractivity contribution in [2.24, 2.45) is 4.99 Å². The Hall–Kier alpha value is -5.64. The number of benzene rings is 7. The summed E-state index contributed by atoms with van der Waals surface area (Å²) in [4.78, 5) is 7.84. The molecule has 1 N–H and O–H groups in total. The minimum atomic E-state index is -0.411. The van der Waals surface area contributed by atoms with Gasteiger partial charge in [-0.2, -0.15) is 0 Å². The summed E-state index contributed by atoms with van der Waals surface area (Å²) in [5.74, 6) is 0. The smallest absolute Gasteiger partial charge is 0.145 e. The number of rotatable bonds is 3. The van der Waals surface area contributed by atoms with E-state index in [0.29, 0.717) is 0 Å². The van der Waals surface area contributed by atoms with Crippen molar-refractivity contribution >= 4 is 17.5 Å². The average Bonchev–Trinajstić information content (AvgIpc) is 3.45. The fourth-order valence-corrected chi connectivity index (χ4v) is 9.27. The van der Waals surface area contributed by atoms with E-state index >= 15 is 0 Å². The maximum absolute atomic E-state index is 5.21. The van der Waals surface area contributed by atoms with Gasteiger partial charge in [-0.25, -0.2) is 0 Å². The van der Waals surface area contributed by atoms with Crippen molar-refractivity contribution in [3.8, 4) is 22.3 Å². The minimum Gasteiger partial charge on any atom is -0.359 e. The van der Waals surface area contributed by atoms with Gasteiger partial charge in [-0.15, -0.1) is 0 Å². The minimum absolute atomic E-state index is 0.202. The van der Waals surface area contributed by atoms with Gasteiger partial charge in [0.15, 0.2) is 0 Å². The molecule has 0 radical (unpaired) electrons. The molecule has 0 saturated heterocycles. The highest BCUT2D eigenvalue weighted by Gasteiger charge is 2.50. The Kier molecular flexibility index (Phi) is 6.12. The predicted octanol–water partition coefficient (Wildman–Crippen LogP) is 9.26. The van der Waals surface area contributed by atoms with Gasteiger partial charge in [-0.3, -0.25) is 4.99 Å². The van der Waals surface area contributed by atoms with Gasteiger partial charge < -0.3 is 5.32 Å². The van der Waals surface area contributed by atoms with Crippen LogP contribution >= 0.6 is 11.8 Å². The second kappa shape index (κ2) is 10.7. The molecule has 10 rings (SSSR count). The molecular weight excluding hydrogens is 601 g/mol. The van der Waals surface area contributed by atoms with Crippen molar-refractivity contribution < 1.29 is 0 Å². The molecule has 7 aromatic rings. The van der Waals surface area contributed by atoms with Gasteiger partial charge in [0.1, 0.15) is 6.17 Å². The molecule has 2 heterocycles. The molecule has 0 aromatic heterocycles. The third-order valence-electron chi connectivity index (χ3n) is 10.2. The van der Waals surface area contributed by atoms with Gasteiger partial charge in [0.2, 0.25) is 0 Å². The molecule has 1 spiro atoms. The fourth-order valence-electron chi connectivity index (χ4n) is 8.08. The van der Waals surface area contributed by atoms with Crippen LogP contribution in [0.1, 0.15) is 39.5 Å². The summed E-state index contributed by atoms with van der Waals surface area (Å²) in [5, 5.41) is 6.02. The first-order valence-electron chi connectivity index (χ1n) is 16.5. The lowest BCUT2D eigenvalue weighted by Gasteiger charge is -2.39.